The number of aliphatic carboxylic acids is 1. The number of pyridine rings is 1. The van der Waals surface area contributed by atoms with Gasteiger partial charge in [0.05, 0.1) is 17.1 Å². The maximum absolute atomic E-state index is 12.2. The van der Waals surface area contributed by atoms with Crippen molar-refractivity contribution in [1.29, 1.82) is 0 Å². The average Bonchev–Trinajstić information content (AvgIpc) is 3.15. The van der Waals surface area contributed by atoms with Crippen LogP contribution in [0.2, 0.25) is 0 Å². The van der Waals surface area contributed by atoms with Crippen LogP contribution in [0.15, 0.2) is 35.3 Å². The summed E-state index contributed by atoms with van der Waals surface area (Å²) in [6.45, 7) is 5.87. The lowest BCUT2D eigenvalue weighted by Crippen LogP contribution is -2.44. The van der Waals surface area contributed by atoms with Crippen LogP contribution in [0.5, 0.6) is 0 Å². The van der Waals surface area contributed by atoms with E-state index in [1.165, 1.54) is 6.92 Å². The van der Waals surface area contributed by atoms with Crippen molar-refractivity contribution in [1.82, 2.24) is 19.4 Å². The summed E-state index contributed by atoms with van der Waals surface area (Å²) in [7, 11) is 1.75. The molecule has 0 bridgehead atoms. The predicted molar refractivity (Wildman–Crippen MR) is 129 cm³/mol. The number of carbonyl (C=O) groups is 1. The van der Waals surface area contributed by atoms with Gasteiger partial charge in [0.25, 0.3) is 5.56 Å². The normalized spacial score (nSPS) is 16.6. The van der Waals surface area contributed by atoms with Crippen molar-refractivity contribution in [2.75, 3.05) is 13.2 Å². The number of benzene rings is 1. The Morgan fingerprint density at radius 1 is 1.29 bits per heavy atom. The highest BCUT2D eigenvalue weighted by Crippen LogP contribution is 2.29. The molecule has 0 saturated carbocycles. The zero-order valence-corrected chi connectivity index (χ0v) is 19.8. The Hall–Kier alpha value is -3.01. The van der Waals surface area contributed by atoms with Gasteiger partial charge >= 0.3 is 5.97 Å². The molecule has 2 aromatic heterocycles. The summed E-state index contributed by atoms with van der Waals surface area (Å²) in [4.78, 5) is 28.6. The highest BCUT2D eigenvalue weighted by molar-refractivity contribution is 5.81. The zero-order valence-electron chi connectivity index (χ0n) is 19.8. The molecule has 0 amide bonds. The molecular formula is C25H32N4O5. The first-order valence-electron chi connectivity index (χ1n) is 11.6. The summed E-state index contributed by atoms with van der Waals surface area (Å²) >= 11 is 0. The molecule has 1 aromatic carbocycles. The van der Waals surface area contributed by atoms with Crippen LogP contribution in [0, 0.1) is 12.8 Å². The van der Waals surface area contributed by atoms with Crippen LogP contribution in [-0.2, 0) is 29.7 Å². The Labute approximate surface area is 198 Å². The van der Waals surface area contributed by atoms with Gasteiger partial charge in [0.2, 0.25) is 0 Å². The van der Waals surface area contributed by atoms with E-state index in [-0.39, 0.29) is 5.56 Å². The molecule has 3 N–H and O–H groups in total. The number of nitrogens with zero attached hydrogens (tertiary/aromatic N) is 3. The zero-order chi connectivity index (χ0) is 24.4. The van der Waals surface area contributed by atoms with Gasteiger partial charge < -0.3 is 24.1 Å². The molecule has 1 saturated heterocycles. The van der Waals surface area contributed by atoms with Gasteiger partial charge in [-0.25, -0.2) is 4.98 Å². The second-order valence-electron chi connectivity index (χ2n) is 9.19. The van der Waals surface area contributed by atoms with E-state index in [1.807, 2.05) is 37.4 Å². The van der Waals surface area contributed by atoms with Gasteiger partial charge in [0, 0.05) is 50.7 Å². The van der Waals surface area contributed by atoms with E-state index in [0.717, 1.165) is 60.6 Å². The molecule has 1 aliphatic rings. The lowest BCUT2D eigenvalue weighted by Gasteiger charge is -2.23. The van der Waals surface area contributed by atoms with Crippen LogP contribution in [-0.4, -0.2) is 55.7 Å². The number of carboxylic acid groups (broad SMARTS) is 1. The van der Waals surface area contributed by atoms with Crippen LogP contribution in [0.1, 0.15) is 30.9 Å². The van der Waals surface area contributed by atoms with E-state index < -0.39 is 18.1 Å². The third kappa shape index (κ3) is 5.06. The van der Waals surface area contributed by atoms with E-state index in [4.69, 9.17) is 9.72 Å². The molecule has 1 aliphatic heterocycles. The summed E-state index contributed by atoms with van der Waals surface area (Å²) < 4.78 is 9.34. The number of hydrogen-bond donors (Lipinski definition) is 3. The topological polar surface area (TPSA) is 119 Å². The fraction of sp³-hybridized carbons (Fsp3) is 0.480. The third-order valence-electron chi connectivity index (χ3n) is 6.49. The van der Waals surface area contributed by atoms with Crippen LogP contribution in [0.25, 0.3) is 22.4 Å². The molecule has 9 heteroatoms. The first-order chi connectivity index (χ1) is 16.2. The van der Waals surface area contributed by atoms with Gasteiger partial charge in [-0.3, -0.25) is 14.9 Å². The van der Waals surface area contributed by atoms with Crippen molar-refractivity contribution in [2.24, 2.45) is 13.0 Å². The molecule has 2 atom stereocenters. The molecule has 1 fully saturated rings. The highest BCUT2D eigenvalue weighted by Gasteiger charge is 2.23. The Kier molecular flexibility index (Phi) is 7.16. The van der Waals surface area contributed by atoms with E-state index in [2.05, 4.69) is 9.88 Å². The van der Waals surface area contributed by atoms with Crippen LogP contribution in [0.4, 0.5) is 0 Å². The highest BCUT2D eigenvalue weighted by atomic mass is 16.5. The van der Waals surface area contributed by atoms with E-state index in [1.54, 1.807) is 11.6 Å². The van der Waals surface area contributed by atoms with E-state index in [0.29, 0.717) is 18.0 Å². The molecule has 0 spiro atoms. The molecule has 1 unspecified atom stereocenters. The number of hydrogen-bond acceptors (Lipinski definition) is 6. The van der Waals surface area contributed by atoms with Gasteiger partial charge in [-0.2, -0.15) is 0 Å². The molecular weight excluding hydrogens is 436 g/mol. The van der Waals surface area contributed by atoms with Gasteiger partial charge in [-0.15, -0.1) is 0 Å². The first kappa shape index (κ1) is 24.1. The molecule has 0 aliphatic carbocycles. The maximum Gasteiger partial charge on any atom is 0.323 e. The summed E-state index contributed by atoms with van der Waals surface area (Å²) in [5, 5.41) is 21.9. The van der Waals surface area contributed by atoms with Crippen LogP contribution >= 0.6 is 0 Å². The minimum Gasteiger partial charge on any atom is -0.480 e. The molecule has 9 nitrogen and oxygen atoms in total. The third-order valence-corrected chi connectivity index (χ3v) is 6.49. The van der Waals surface area contributed by atoms with Crippen molar-refractivity contribution < 1.29 is 19.7 Å². The number of aliphatic hydroxyl groups is 1. The van der Waals surface area contributed by atoms with Crippen molar-refractivity contribution in [3.63, 3.8) is 0 Å². The lowest BCUT2D eigenvalue weighted by atomic mass is 10.00. The Morgan fingerprint density at radius 2 is 2.03 bits per heavy atom. The van der Waals surface area contributed by atoms with Crippen molar-refractivity contribution in [2.45, 2.75) is 51.9 Å². The molecule has 4 rings (SSSR count). The molecule has 3 heterocycles. The number of aliphatic hydroxyl groups excluding tert-OH is 1. The largest absolute Gasteiger partial charge is 0.480 e. The Balaban J connectivity index is 1.72. The first-order valence-corrected chi connectivity index (χ1v) is 11.6. The Bertz CT molecular complexity index is 1210. The van der Waals surface area contributed by atoms with Gasteiger partial charge in [0.15, 0.2) is 0 Å². The van der Waals surface area contributed by atoms with Gasteiger partial charge in [0.1, 0.15) is 11.9 Å². The molecule has 182 valence electrons. The van der Waals surface area contributed by atoms with Gasteiger partial charge in [-0.05, 0) is 56.4 Å². The fourth-order valence-electron chi connectivity index (χ4n) is 4.57. The van der Waals surface area contributed by atoms with Crippen molar-refractivity contribution >= 4 is 17.0 Å². The van der Waals surface area contributed by atoms with E-state index in [9.17, 15) is 19.8 Å². The SMILES string of the molecule is Cc1cc(-c2nc3cc(CN[C@H](C(=O)O)C(C)O)ccc3n2CC2CCOCC2)cn(C)c1=O. The second-order valence-corrected chi connectivity index (χ2v) is 9.19. The maximum atomic E-state index is 12.2. The quantitative estimate of drug-likeness (QED) is 0.463. The molecule has 34 heavy (non-hydrogen) atoms. The number of carboxylic acids is 1. The van der Waals surface area contributed by atoms with Crippen molar-refractivity contribution in [3.8, 4) is 11.4 Å². The predicted octanol–water partition coefficient (Wildman–Crippen LogP) is 2.06. The monoisotopic (exact) mass is 468 g/mol. The minimum atomic E-state index is -1.09. The summed E-state index contributed by atoms with van der Waals surface area (Å²) in [6.07, 6.45) is 2.78. The van der Waals surface area contributed by atoms with E-state index >= 15 is 0 Å². The second kappa shape index (κ2) is 10.1. The molecule has 0 radical (unpaired) electrons. The number of nitrogens with one attached hydrogen (secondary N) is 1. The molecule has 3 aromatic rings. The number of rotatable bonds is 8. The van der Waals surface area contributed by atoms with Crippen molar-refractivity contribution in [3.05, 3.63) is 51.9 Å². The number of ether oxygens (including phenoxy) is 1. The fourth-order valence-corrected chi connectivity index (χ4v) is 4.57. The van der Waals surface area contributed by atoms with Gasteiger partial charge in [-0.1, -0.05) is 6.07 Å². The summed E-state index contributed by atoms with van der Waals surface area (Å²) in [5.41, 5.74) is 4.17. The average molecular weight is 469 g/mol. The van der Waals surface area contributed by atoms with Crippen LogP contribution < -0.4 is 10.9 Å². The summed E-state index contributed by atoms with van der Waals surface area (Å²) in [5.74, 6) is 0.184. The standard InChI is InChI=1S/C25H32N4O5/c1-15-10-19(14-28(3)24(15)31)23-27-20-11-18(12-26-22(16(2)30)25(32)33)4-5-21(20)29(23)13-17-6-8-34-9-7-17/h4-5,10-11,14,16-17,22,26,30H,6-9,12-13H2,1-3H3,(H,32,33)/t16?,22-/m0/s1. The number of aromatic nitrogens is 3. The van der Waals surface area contributed by atoms with Crippen LogP contribution in [0.3, 0.4) is 0 Å². The lowest BCUT2D eigenvalue weighted by molar-refractivity contribution is -0.142. The minimum absolute atomic E-state index is 0.0321. The Morgan fingerprint density at radius 3 is 2.68 bits per heavy atom. The number of aryl methyl sites for hydroxylation is 2. The number of fused-ring (bicyclic) bond motifs is 1. The number of imidazole rings is 1. The smallest absolute Gasteiger partial charge is 0.323 e. The summed E-state index contributed by atoms with van der Waals surface area (Å²) in [6, 6.07) is 6.74.